The highest BCUT2D eigenvalue weighted by Gasteiger charge is 2.40. The van der Waals surface area contributed by atoms with Crippen LogP contribution >= 0.6 is 0 Å². The molecule has 0 aliphatic heterocycles. The first kappa shape index (κ1) is 28.7. The molecule has 0 saturated carbocycles. The van der Waals surface area contributed by atoms with Gasteiger partial charge in [0.1, 0.15) is 12.3 Å². The topological polar surface area (TPSA) is 116 Å². The SMILES string of the molecule is CCC[C@@H](NC(C)=O)C(=O)N(C)CC(=O)N(C)[C@@](C=O)(CC(C)C)N[C@H](C=O)C(C)C. The van der Waals surface area contributed by atoms with Gasteiger partial charge in [-0.05, 0) is 24.7 Å². The molecule has 0 aliphatic rings. The molecule has 0 rings (SSSR count). The van der Waals surface area contributed by atoms with Gasteiger partial charge in [0.15, 0.2) is 11.9 Å². The predicted molar refractivity (Wildman–Crippen MR) is 119 cm³/mol. The largest absolute Gasteiger partial charge is 0.345 e. The Hall–Kier alpha value is -2.29. The minimum atomic E-state index is -1.38. The quantitative estimate of drug-likeness (QED) is 0.307. The molecule has 0 saturated heterocycles. The van der Waals surface area contributed by atoms with Crippen LogP contribution in [0.3, 0.4) is 0 Å². The van der Waals surface area contributed by atoms with Crippen molar-refractivity contribution in [2.45, 2.75) is 78.6 Å². The van der Waals surface area contributed by atoms with Crippen LogP contribution in [0.5, 0.6) is 0 Å². The van der Waals surface area contributed by atoms with Crippen molar-refractivity contribution < 1.29 is 24.0 Å². The average molecular weight is 441 g/mol. The maximum atomic E-state index is 13.0. The third kappa shape index (κ3) is 8.77. The van der Waals surface area contributed by atoms with E-state index in [0.29, 0.717) is 25.5 Å². The van der Waals surface area contributed by atoms with E-state index in [2.05, 4.69) is 10.6 Å². The summed E-state index contributed by atoms with van der Waals surface area (Å²) in [5.74, 6) is -1.18. The molecular formula is C22H40N4O5. The third-order valence-corrected chi connectivity index (χ3v) is 5.17. The van der Waals surface area contributed by atoms with Crippen molar-refractivity contribution in [2.24, 2.45) is 11.8 Å². The van der Waals surface area contributed by atoms with E-state index >= 15 is 0 Å². The van der Waals surface area contributed by atoms with Crippen LogP contribution < -0.4 is 10.6 Å². The van der Waals surface area contributed by atoms with E-state index in [-0.39, 0.29) is 30.2 Å². The van der Waals surface area contributed by atoms with E-state index in [4.69, 9.17) is 0 Å². The van der Waals surface area contributed by atoms with Crippen LogP contribution in [0, 0.1) is 11.8 Å². The first-order chi connectivity index (χ1) is 14.3. The van der Waals surface area contributed by atoms with Gasteiger partial charge in [0.05, 0.1) is 12.6 Å². The lowest BCUT2D eigenvalue weighted by Crippen LogP contribution is -2.66. The van der Waals surface area contributed by atoms with Crippen molar-refractivity contribution in [3.05, 3.63) is 0 Å². The Morgan fingerprint density at radius 1 is 1.06 bits per heavy atom. The fourth-order valence-electron chi connectivity index (χ4n) is 3.39. The van der Waals surface area contributed by atoms with Crippen molar-refractivity contribution in [1.82, 2.24) is 20.4 Å². The number of likely N-dealkylation sites (N-methyl/N-ethyl adjacent to an activating group) is 2. The summed E-state index contributed by atoms with van der Waals surface area (Å²) in [4.78, 5) is 63.5. The fraction of sp³-hybridized carbons (Fsp3) is 0.773. The lowest BCUT2D eigenvalue weighted by molar-refractivity contribution is -0.148. The number of nitrogens with zero attached hydrogens (tertiary/aromatic N) is 2. The van der Waals surface area contributed by atoms with E-state index in [0.717, 1.165) is 6.29 Å². The van der Waals surface area contributed by atoms with Gasteiger partial charge in [0.25, 0.3) is 0 Å². The number of hydrogen-bond donors (Lipinski definition) is 2. The van der Waals surface area contributed by atoms with E-state index in [1.165, 1.54) is 30.8 Å². The second-order valence-corrected chi connectivity index (χ2v) is 8.88. The maximum Gasteiger partial charge on any atom is 0.245 e. The molecule has 0 radical (unpaired) electrons. The molecular weight excluding hydrogens is 400 g/mol. The van der Waals surface area contributed by atoms with Crippen LogP contribution in [0.1, 0.15) is 60.8 Å². The van der Waals surface area contributed by atoms with Gasteiger partial charge in [-0.15, -0.1) is 0 Å². The van der Waals surface area contributed by atoms with Crippen LogP contribution in [-0.4, -0.2) is 78.5 Å². The number of rotatable bonds is 14. The second-order valence-electron chi connectivity index (χ2n) is 8.88. The summed E-state index contributed by atoms with van der Waals surface area (Å²) in [5.41, 5.74) is -1.38. The summed E-state index contributed by atoms with van der Waals surface area (Å²) in [6, 6.07) is -1.33. The minimum absolute atomic E-state index is 0.0560. The molecule has 3 atom stereocenters. The van der Waals surface area contributed by atoms with E-state index in [1.807, 2.05) is 34.6 Å². The van der Waals surface area contributed by atoms with Crippen molar-refractivity contribution in [3.63, 3.8) is 0 Å². The summed E-state index contributed by atoms with van der Waals surface area (Å²) in [5, 5.41) is 5.67. The molecule has 0 fully saturated rings. The first-order valence-electron chi connectivity index (χ1n) is 10.8. The molecule has 31 heavy (non-hydrogen) atoms. The summed E-state index contributed by atoms with van der Waals surface area (Å²) in [6.07, 6.45) is 2.84. The molecule has 0 heterocycles. The lowest BCUT2D eigenvalue weighted by atomic mass is 9.93. The fourth-order valence-corrected chi connectivity index (χ4v) is 3.39. The summed E-state index contributed by atoms with van der Waals surface area (Å²) in [7, 11) is 2.98. The Bertz CT molecular complexity index is 637. The molecule has 0 unspecified atom stereocenters. The molecule has 9 heteroatoms. The van der Waals surface area contributed by atoms with E-state index in [1.54, 1.807) is 0 Å². The second kappa shape index (κ2) is 13.2. The molecule has 0 spiro atoms. The number of carbonyl (C=O) groups excluding carboxylic acids is 5. The zero-order valence-corrected chi connectivity index (χ0v) is 20.2. The Morgan fingerprint density at radius 2 is 1.65 bits per heavy atom. The van der Waals surface area contributed by atoms with Gasteiger partial charge < -0.3 is 19.9 Å². The standard InChI is InChI=1S/C22H40N4O5/c1-9-10-18(23-17(6)29)21(31)25(7)12-20(30)26(8)22(14-28,11-15(2)3)24-19(13-27)16(4)5/h13-16,18-19,24H,9-12H2,1-8H3,(H,23,29)/t18-,19-,22-/m1/s1. The van der Waals surface area contributed by atoms with Crippen LogP contribution in [0.15, 0.2) is 0 Å². The van der Waals surface area contributed by atoms with Crippen LogP contribution in [-0.2, 0) is 24.0 Å². The molecule has 0 bridgehead atoms. The smallest absolute Gasteiger partial charge is 0.245 e. The van der Waals surface area contributed by atoms with Crippen molar-refractivity contribution in [1.29, 1.82) is 0 Å². The van der Waals surface area contributed by atoms with E-state index < -0.39 is 23.7 Å². The summed E-state index contributed by atoms with van der Waals surface area (Å²) in [6.45, 7) is 10.5. The first-order valence-corrected chi connectivity index (χ1v) is 10.8. The van der Waals surface area contributed by atoms with Crippen LogP contribution in [0.4, 0.5) is 0 Å². The van der Waals surface area contributed by atoms with Crippen LogP contribution in [0.25, 0.3) is 0 Å². The predicted octanol–water partition coefficient (Wildman–Crippen LogP) is 0.962. The monoisotopic (exact) mass is 440 g/mol. The molecule has 2 N–H and O–H groups in total. The Balaban J connectivity index is 5.65. The van der Waals surface area contributed by atoms with E-state index in [9.17, 15) is 24.0 Å². The molecule has 0 aromatic carbocycles. The Kier molecular flexibility index (Phi) is 12.2. The van der Waals surface area contributed by atoms with Gasteiger partial charge in [0, 0.05) is 21.0 Å². The van der Waals surface area contributed by atoms with Crippen molar-refractivity contribution >= 4 is 30.3 Å². The zero-order chi connectivity index (χ0) is 24.4. The average Bonchev–Trinajstić information content (AvgIpc) is 2.68. The Morgan fingerprint density at radius 3 is 2.03 bits per heavy atom. The highest BCUT2D eigenvalue weighted by atomic mass is 16.2. The minimum Gasteiger partial charge on any atom is -0.345 e. The normalized spacial score (nSPS) is 15.0. The molecule has 0 aromatic rings. The van der Waals surface area contributed by atoms with Gasteiger partial charge in [-0.3, -0.25) is 24.5 Å². The van der Waals surface area contributed by atoms with Gasteiger partial charge in [0.2, 0.25) is 17.7 Å². The molecule has 0 aliphatic carbocycles. The highest BCUT2D eigenvalue weighted by molar-refractivity contribution is 5.91. The third-order valence-electron chi connectivity index (χ3n) is 5.17. The van der Waals surface area contributed by atoms with Crippen LogP contribution in [0.2, 0.25) is 0 Å². The van der Waals surface area contributed by atoms with Gasteiger partial charge in [-0.1, -0.05) is 41.0 Å². The Labute approximate surface area is 186 Å². The zero-order valence-electron chi connectivity index (χ0n) is 20.2. The molecule has 9 nitrogen and oxygen atoms in total. The maximum absolute atomic E-state index is 13.0. The van der Waals surface area contributed by atoms with Gasteiger partial charge >= 0.3 is 0 Å². The van der Waals surface area contributed by atoms with Crippen molar-refractivity contribution in [2.75, 3.05) is 20.6 Å². The summed E-state index contributed by atoms with van der Waals surface area (Å²) >= 11 is 0. The molecule has 3 amide bonds. The number of hydrogen-bond acceptors (Lipinski definition) is 6. The van der Waals surface area contributed by atoms with Gasteiger partial charge in [-0.25, -0.2) is 0 Å². The number of amides is 3. The van der Waals surface area contributed by atoms with Crippen molar-refractivity contribution in [3.8, 4) is 0 Å². The lowest BCUT2D eigenvalue weighted by Gasteiger charge is -2.42. The highest BCUT2D eigenvalue weighted by Crippen LogP contribution is 2.21. The molecule has 0 aromatic heterocycles. The molecule has 178 valence electrons. The number of carbonyl (C=O) groups is 5. The number of nitrogens with one attached hydrogen (secondary N) is 2. The summed E-state index contributed by atoms with van der Waals surface area (Å²) < 4.78 is 0. The number of aldehydes is 2. The van der Waals surface area contributed by atoms with Gasteiger partial charge in [-0.2, -0.15) is 0 Å².